The summed E-state index contributed by atoms with van der Waals surface area (Å²) in [5.41, 5.74) is 0.454. The molecule has 1 fully saturated rings. The lowest BCUT2D eigenvalue weighted by Gasteiger charge is -2.42. The second kappa shape index (κ2) is 11.6. The van der Waals surface area contributed by atoms with Crippen molar-refractivity contribution in [3.63, 3.8) is 0 Å². The number of ether oxygens (including phenoxy) is 3. The average Bonchev–Trinajstić information content (AvgIpc) is 2.87. The van der Waals surface area contributed by atoms with Crippen molar-refractivity contribution in [1.29, 1.82) is 0 Å². The van der Waals surface area contributed by atoms with Gasteiger partial charge in [0.1, 0.15) is 5.75 Å². The fraction of sp³-hybridized carbons (Fsp3) is 0.739. The van der Waals surface area contributed by atoms with Crippen molar-refractivity contribution in [3.8, 4) is 5.75 Å². The average molecular weight is 668 g/mol. The van der Waals surface area contributed by atoms with Crippen molar-refractivity contribution in [2.24, 2.45) is 5.92 Å². The van der Waals surface area contributed by atoms with Crippen LogP contribution in [0.4, 0.5) is 74.6 Å². The molecule has 0 bridgehead atoms. The lowest BCUT2D eigenvalue weighted by Crippen LogP contribution is -2.74. The lowest BCUT2D eigenvalue weighted by molar-refractivity contribution is -0.461. The highest BCUT2D eigenvalue weighted by atomic mass is 19.4. The quantitative estimate of drug-likeness (QED) is 0.165. The molecule has 0 N–H and O–H groups in total. The predicted molar refractivity (Wildman–Crippen MR) is 110 cm³/mol. The third kappa shape index (κ3) is 6.18. The summed E-state index contributed by atoms with van der Waals surface area (Å²) in [5, 5.41) is 0. The Morgan fingerprint density at radius 1 is 0.651 bits per heavy atom. The van der Waals surface area contributed by atoms with E-state index in [2.05, 4.69) is 0 Å². The first kappa shape index (κ1) is 36.9. The van der Waals surface area contributed by atoms with Gasteiger partial charge in [-0.25, -0.2) is 0 Å². The molecule has 3 atom stereocenters. The van der Waals surface area contributed by atoms with E-state index in [0.29, 0.717) is 12.2 Å². The maximum atomic E-state index is 14.0. The molecule has 43 heavy (non-hydrogen) atoms. The van der Waals surface area contributed by atoms with E-state index in [1.54, 1.807) is 6.92 Å². The van der Waals surface area contributed by atoms with Crippen LogP contribution in [0.25, 0.3) is 0 Å². The first-order chi connectivity index (χ1) is 19.1. The number of halogens is 17. The van der Waals surface area contributed by atoms with Crippen LogP contribution in [0.5, 0.6) is 5.75 Å². The van der Waals surface area contributed by atoms with Gasteiger partial charge in [0.25, 0.3) is 0 Å². The molecule has 20 heteroatoms. The fourth-order valence-electron chi connectivity index (χ4n) is 3.48. The van der Waals surface area contributed by atoms with E-state index < -0.39 is 73.4 Å². The zero-order chi connectivity index (χ0) is 33.7. The van der Waals surface area contributed by atoms with Gasteiger partial charge in [-0.2, -0.15) is 74.6 Å². The monoisotopic (exact) mass is 668 g/mol. The maximum absolute atomic E-state index is 14.0. The molecular formula is C23H21F17O3. The van der Waals surface area contributed by atoms with Crippen LogP contribution in [-0.2, 0) is 9.47 Å². The summed E-state index contributed by atoms with van der Waals surface area (Å²) in [6.45, 7) is 2.96. The Morgan fingerprint density at radius 2 is 1.09 bits per heavy atom. The Bertz CT molecular complexity index is 1090. The standard InChI is InChI=1S/C23H21F17O3/c1-11-10-42-15(43-12(11)2)13-4-6-14(7-5-13)41-9-3-8-16(24,25)17(26,27)18(28,29)19(30,31)20(32,33)21(34,35)22(36,37)23(38,39)40/h4-7,11-12,15H,3,8-10H2,1-2H3/t11-,12-,15-/m1/s1. The van der Waals surface area contributed by atoms with Crippen molar-refractivity contribution < 1.29 is 88.8 Å². The minimum Gasteiger partial charge on any atom is -0.494 e. The molecule has 0 aromatic heterocycles. The van der Waals surface area contributed by atoms with Gasteiger partial charge in [-0.15, -0.1) is 0 Å². The summed E-state index contributed by atoms with van der Waals surface area (Å²) < 4.78 is 242. The van der Waals surface area contributed by atoms with Crippen molar-refractivity contribution >= 4 is 0 Å². The normalized spacial score (nSPS) is 22.1. The Morgan fingerprint density at radius 3 is 1.53 bits per heavy atom. The number of benzene rings is 1. The molecule has 1 heterocycles. The summed E-state index contributed by atoms with van der Waals surface area (Å²) in [5.74, 6) is -56.4. The zero-order valence-electron chi connectivity index (χ0n) is 21.5. The van der Waals surface area contributed by atoms with Crippen LogP contribution in [0.2, 0.25) is 0 Å². The van der Waals surface area contributed by atoms with Gasteiger partial charge in [0.15, 0.2) is 6.29 Å². The first-order valence-corrected chi connectivity index (χ1v) is 11.8. The predicted octanol–water partition coefficient (Wildman–Crippen LogP) is 8.93. The van der Waals surface area contributed by atoms with Crippen molar-refractivity contribution in [1.82, 2.24) is 0 Å². The van der Waals surface area contributed by atoms with Crippen molar-refractivity contribution in [2.45, 2.75) is 86.7 Å². The third-order valence-electron chi connectivity index (χ3n) is 6.49. The smallest absolute Gasteiger partial charge is 0.460 e. The Kier molecular flexibility index (Phi) is 9.96. The van der Waals surface area contributed by atoms with Crippen LogP contribution in [0.3, 0.4) is 0 Å². The molecule has 0 amide bonds. The molecule has 1 saturated heterocycles. The van der Waals surface area contributed by atoms with Gasteiger partial charge in [-0.05, 0) is 25.5 Å². The van der Waals surface area contributed by atoms with Gasteiger partial charge in [0, 0.05) is 17.9 Å². The molecule has 1 aromatic rings. The van der Waals surface area contributed by atoms with Crippen LogP contribution in [0.15, 0.2) is 24.3 Å². The number of hydrogen-bond acceptors (Lipinski definition) is 3. The molecule has 250 valence electrons. The van der Waals surface area contributed by atoms with Gasteiger partial charge < -0.3 is 14.2 Å². The second-order valence-electron chi connectivity index (χ2n) is 9.65. The highest BCUT2D eigenvalue weighted by molar-refractivity contribution is 5.28. The largest absolute Gasteiger partial charge is 0.494 e. The number of hydrogen-bond donors (Lipinski definition) is 0. The topological polar surface area (TPSA) is 27.7 Å². The minimum atomic E-state index is -8.64. The van der Waals surface area contributed by atoms with E-state index in [9.17, 15) is 74.6 Å². The maximum Gasteiger partial charge on any atom is 0.460 e. The molecule has 0 radical (unpaired) electrons. The minimum absolute atomic E-state index is 0.0760. The molecular weight excluding hydrogens is 647 g/mol. The molecule has 1 aliphatic rings. The SMILES string of the molecule is C[C@@H]1CO[C@@H](c2ccc(OCCCC(F)(F)C(F)(F)C(F)(F)C(F)(F)C(F)(F)C(F)(F)C(F)(F)C(F)(F)F)cc2)O[C@@H]1C. The van der Waals surface area contributed by atoms with Crippen LogP contribution in [-0.4, -0.2) is 67.0 Å². The van der Waals surface area contributed by atoms with Crippen LogP contribution in [0.1, 0.15) is 38.5 Å². The van der Waals surface area contributed by atoms with Crippen LogP contribution in [0, 0.1) is 5.92 Å². The summed E-state index contributed by atoms with van der Waals surface area (Å²) in [4.78, 5) is 0. The number of rotatable bonds is 12. The van der Waals surface area contributed by atoms with E-state index in [1.165, 1.54) is 24.3 Å². The molecule has 2 rings (SSSR count). The highest BCUT2D eigenvalue weighted by Crippen LogP contribution is 2.64. The van der Waals surface area contributed by atoms with Crippen LogP contribution < -0.4 is 4.74 Å². The zero-order valence-corrected chi connectivity index (χ0v) is 21.5. The van der Waals surface area contributed by atoms with Gasteiger partial charge in [0.05, 0.1) is 19.3 Å². The molecule has 0 saturated carbocycles. The highest BCUT2D eigenvalue weighted by Gasteiger charge is 2.95. The summed E-state index contributed by atoms with van der Waals surface area (Å²) in [6.07, 6.45) is -12.7. The van der Waals surface area contributed by atoms with Gasteiger partial charge in [-0.3, -0.25) is 0 Å². The van der Waals surface area contributed by atoms with Gasteiger partial charge >= 0.3 is 47.6 Å². The summed E-state index contributed by atoms with van der Waals surface area (Å²) >= 11 is 0. The number of alkyl halides is 17. The first-order valence-electron chi connectivity index (χ1n) is 11.8. The fourth-order valence-corrected chi connectivity index (χ4v) is 3.48. The lowest BCUT2D eigenvalue weighted by atomic mass is 9.88. The Hall–Kier alpha value is -2.25. The summed E-state index contributed by atoms with van der Waals surface area (Å²) in [7, 11) is 0. The second-order valence-corrected chi connectivity index (χ2v) is 9.65. The van der Waals surface area contributed by atoms with E-state index in [-0.39, 0.29) is 17.8 Å². The molecule has 0 aliphatic carbocycles. The molecule has 1 aromatic carbocycles. The molecule has 0 spiro atoms. The third-order valence-corrected chi connectivity index (χ3v) is 6.49. The summed E-state index contributed by atoms with van der Waals surface area (Å²) in [6, 6.07) is 5.13. The van der Waals surface area contributed by atoms with Crippen molar-refractivity contribution in [2.75, 3.05) is 13.2 Å². The Labute approximate surface area is 231 Å². The molecule has 0 unspecified atom stereocenters. The van der Waals surface area contributed by atoms with Crippen LogP contribution >= 0.6 is 0 Å². The van der Waals surface area contributed by atoms with E-state index >= 15 is 0 Å². The van der Waals surface area contributed by atoms with Crippen molar-refractivity contribution in [3.05, 3.63) is 29.8 Å². The Balaban J connectivity index is 2.14. The van der Waals surface area contributed by atoms with Gasteiger partial charge in [-0.1, -0.05) is 19.1 Å². The molecule has 3 nitrogen and oxygen atoms in total. The van der Waals surface area contributed by atoms with Gasteiger partial charge in [0.2, 0.25) is 0 Å². The van der Waals surface area contributed by atoms with E-state index in [4.69, 9.17) is 14.2 Å². The molecule has 1 aliphatic heterocycles. The van der Waals surface area contributed by atoms with E-state index in [0.717, 1.165) is 0 Å². The van der Waals surface area contributed by atoms with E-state index in [1.807, 2.05) is 6.92 Å².